The molecule has 0 saturated heterocycles. The van der Waals surface area contributed by atoms with Crippen molar-refractivity contribution in [1.29, 1.82) is 0 Å². The minimum Gasteiger partial charge on any atom is -0.354 e. The number of nitrogens with one attached hydrogen (secondary N) is 1. The van der Waals surface area contributed by atoms with Gasteiger partial charge in [-0.1, -0.05) is 0 Å². The number of H-pyrrole nitrogens is 1. The molecule has 0 unspecified atom stereocenters. The lowest BCUT2D eigenvalue weighted by atomic mass is 10.0. The van der Waals surface area contributed by atoms with Gasteiger partial charge in [0.25, 0.3) is 0 Å². The van der Waals surface area contributed by atoms with Crippen LogP contribution in [0.2, 0.25) is 0 Å². The first-order valence-electron chi connectivity index (χ1n) is 4.88. The highest BCUT2D eigenvalue weighted by Crippen LogP contribution is 2.35. The standard InChI is InChI=1S/C10H11F3N2O/c1-15-3-2-8-6(4-15)7(5-16)9(14-8)10(11,12)13/h5,14H,2-4H2,1H3. The number of aromatic amines is 1. The number of halogens is 3. The number of rotatable bonds is 1. The summed E-state index contributed by atoms with van der Waals surface area (Å²) < 4.78 is 37.8. The number of fused-ring (bicyclic) bond motifs is 1. The second kappa shape index (κ2) is 3.62. The van der Waals surface area contributed by atoms with E-state index in [1.54, 1.807) is 0 Å². The molecule has 0 aliphatic carbocycles. The first kappa shape index (κ1) is 11.2. The SMILES string of the molecule is CN1CCc2[nH]c(C(F)(F)F)c(C=O)c2C1. The summed E-state index contributed by atoms with van der Waals surface area (Å²) in [6.45, 7) is 1.08. The fourth-order valence-electron chi connectivity index (χ4n) is 2.01. The first-order valence-corrected chi connectivity index (χ1v) is 4.88. The number of aldehydes is 1. The molecule has 6 heteroatoms. The molecule has 1 aliphatic rings. The Balaban J connectivity index is 2.54. The van der Waals surface area contributed by atoms with Gasteiger partial charge < -0.3 is 9.88 Å². The highest BCUT2D eigenvalue weighted by molar-refractivity contribution is 5.80. The van der Waals surface area contributed by atoms with Crippen molar-refractivity contribution in [3.8, 4) is 0 Å². The van der Waals surface area contributed by atoms with Gasteiger partial charge >= 0.3 is 6.18 Å². The zero-order valence-electron chi connectivity index (χ0n) is 8.69. The maximum absolute atomic E-state index is 12.6. The minimum atomic E-state index is -4.49. The molecule has 0 aromatic carbocycles. The molecule has 88 valence electrons. The van der Waals surface area contributed by atoms with E-state index in [-0.39, 0.29) is 11.8 Å². The highest BCUT2D eigenvalue weighted by atomic mass is 19.4. The molecular weight excluding hydrogens is 221 g/mol. The van der Waals surface area contributed by atoms with Crippen LogP contribution in [0.4, 0.5) is 13.2 Å². The number of hydrogen-bond donors (Lipinski definition) is 1. The van der Waals surface area contributed by atoms with Crippen molar-refractivity contribution < 1.29 is 18.0 Å². The Labute approximate surface area is 90.2 Å². The molecule has 1 N–H and O–H groups in total. The van der Waals surface area contributed by atoms with Crippen LogP contribution in [-0.2, 0) is 19.1 Å². The Bertz CT molecular complexity index is 422. The van der Waals surface area contributed by atoms with E-state index in [1.807, 2.05) is 11.9 Å². The van der Waals surface area contributed by atoms with Crippen molar-refractivity contribution in [3.05, 3.63) is 22.5 Å². The summed E-state index contributed by atoms with van der Waals surface area (Å²) in [5.74, 6) is 0. The van der Waals surface area contributed by atoms with E-state index in [0.717, 1.165) is 0 Å². The number of nitrogens with zero attached hydrogens (tertiary/aromatic N) is 1. The molecule has 1 aromatic heterocycles. The Morgan fingerprint density at radius 1 is 1.44 bits per heavy atom. The molecule has 0 amide bonds. The van der Waals surface area contributed by atoms with Crippen LogP contribution in [0.15, 0.2) is 0 Å². The molecule has 2 rings (SSSR count). The van der Waals surface area contributed by atoms with Gasteiger partial charge in [0, 0.05) is 30.8 Å². The average Bonchev–Trinajstić information content (AvgIpc) is 2.54. The molecule has 0 bridgehead atoms. The van der Waals surface area contributed by atoms with Gasteiger partial charge in [-0.3, -0.25) is 4.79 Å². The van der Waals surface area contributed by atoms with Crippen LogP contribution in [0.25, 0.3) is 0 Å². The first-order chi connectivity index (χ1) is 7.43. The molecule has 1 aromatic rings. The summed E-state index contributed by atoms with van der Waals surface area (Å²) >= 11 is 0. The van der Waals surface area contributed by atoms with E-state index in [4.69, 9.17) is 0 Å². The number of aromatic nitrogens is 1. The van der Waals surface area contributed by atoms with E-state index in [1.165, 1.54) is 0 Å². The average molecular weight is 232 g/mol. The van der Waals surface area contributed by atoms with Crippen LogP contribution in [0, 0.1) is 0 Å². The van der Waals surface area contributed by atoms with Gasteiger partial charge in [-0.25, -0.2) is 0 Å². The van der Waals surface area contributed by atoms with Gasteiger partial charge in [-0.2, -0.15) is 13.2 Å². The highest BCUT2D eigenvalue weighted by Gasteiger charge is 2.38. The molecule has 0 fully saturated rings. The molecule has 0 saturated carbocycles. The smallest absolute Gasteiger partial charge is 0.354 e. The molecule has 0 radical (unpaired) electrons. The number of alkyl halides is 3. The van der Waals surface area contributed by atoms with Crippen LogP contribution in [0.3, 0.4) is 0 Å². The molecule has 0 atom stereocenters. The topological polar surface area (TPSA) is 36.1 Å². The van der Waals surface area contributed by atoms with Crippen molar-refractivity contribution >= 4 is 6.29 Å². The third-order valence-electron chi connectivity index (χ3n) is 2.81. The van der Waals surface area contributed by atoms with Gasteiger partial charge in [-0.15, -0.1) is 0 Å². The summed E-state index contributed by atoms with van der Waals surface area (Å²) in [5, 5.41) is 0. The number of carbonyl (C=O) groups is 1. The maximum atomic E-state index is 12.6. The number of carbonyl (C=O) groups excluding carboxylic acids is 1. The summed E-state index contributed by atoms with van der Waals surface area (Å²) in [6, 6.07) is 0. The van der Waals surface area contributed by atoms with Crippen LogP contribution >= 0.6 is 0 Å². The van der Waals surface area contributed by atoms with Gasteiger partial charge in [0.05, 0.1) is 0 Å². The lowest BCUT2D eigenvalue weighted by Crippen LogP contribution is -2.26. The summed E-state index contributed by atoms with van der Waals surface area (Å²) in [7, 11) is 1.82. The fraction of sp³-hybridized carbons (Fsp3) is 0.500. The van der Waals surface area contributed by atoms with E-state index < -0.39 is 11.9 Å². The largest absolute Gasteiger partial charge is 0.431 e. The number of hydrogen-bond acceptors (Lipinski definition) is 2. The maximum Gasteiger partial charge on any atom is 0.431 e. The Hall–Kier alpha value is -1.30. The van der Waals surface area contributed by atoms with E-state index in [2.05, 4.69) is 4.98 Å². The Kier molecular flexibility index (Phi) is 2.53. The monoisotopic (exact) mass is 232 g/mol. The van der Waals surface area contributed by atoms with Crippen molar-refractivity contribution in [2.45, 2.75) is 19.1 Å². The molecule has 3 nitrogen and oxygen atoms in total. The fourth-order valence-corrected chi connectivity index (χ4v) is 2.01. The molecule has 16 heavy (non-hydrogen) atoms. The van der Waals surface area contributed by atoms with Crippen molar-refractivity contribution in [3.63, 3.8) is 0 Å². The van der Waals surface area contributed by atoms with E-state index in [9.17, 15) is 18.0 Å². The minimum absolute atomic E-state index is 0.242. The lowest BCUT2D eigenvalue weighted by molar-refractivity contribution is -0.141. The van der Waals surface area contributed by atoms with Crippen molar-refractivity contribution in [2.75, 3.05) is 13.6 Å². The molecule has 0 spiro atoms. The van der Waals surface area contributed by atoms with Crippen molar-refractivity contribution in [1.82, 2.24) is 9.88 Å². The number of likely N-dealkylation sites (N-methyl/N-ethyl adjacent to an activating group) is 1. The van der Waals surface area contributed by atoms with Crippen LogP contribution in [-0.4, -0.2) is 29.8 Å². The predicted octanol–water partition coefficient (Wildman–Crippen LogP) is 1.83. The normalized spacial score (nSPS) is 17.2. The third-order valence-corrected chi connectivity index (χ3v) is 2.81. The Morgan fingerprint density at radius 3 is 2.69 bits per heavy atom. The second-order valence-electron chi connectivity index (χ2n) is 3.97. The summed E-state index contributed by atoms with van der Waals surface area (Å²) in [6.07, 6.45) is -3.69. The Morgan fingerprint density at radius 2 is 2.12 bits per heavy atom. The lowest BCUT2D eigenvalue weighted by Gasteiger charge is -2.22. The van der Waals surface area contributed by atoms with Gasteiger partial charge in [0.15, 0.2) is 6.29 Å². The summed E-state index contributed by atoms with van der Waals surface area (Å²) in [4.78, 5) is 15.0. The van der Waals surface area contributed by atoms with Gasteiger partial charge in [-0.05, 0) is 12.6 Å². The van der Waals surface area contributed by atoms with Crippen LogP contribution in [0.1, 0.15) is 27.3 Å². The van der Waals surface area contributed by atoms with E-state index in [0.29, 0.717) is 30.8 Å². The zero-order chi connectivity index (χ0) is 11.9. The zero-order valence-corrected chi connectivity index (χ0v) is 8.69. The van der Waals surface area contributed by atoms with Crippen LogP contribution in [0.5, 0.6) is 0 Å². The van der Waals surface area contributed by atoms with Gasteiger partial charge in [0.2, 0.25) is 0 Å². The molecule has 2 heterocycles. The molecular formula is C10H11F3N2O. The van der Waals surface area contributed by atoms with Crippen molar-refractivity contribution in [2.24, 2.45) is 0 Å². The molecule has 1 aliphatic heterocycles. The summed E-state index contributed by atoms with van der Waals surface area (Å²) in [5.41, 5.74) is -0.138. The second-order valence-corrected chi connectivity index (χ2v) is 3.97. The third kappa shape index (κ3) is 1.73. The predicted molar refractivity (Wildman–Crippen MR) is 51.2 cm³/mol. The quantitative estimate of drug-likeness (QED) is 0.750. The van der Waals surface area contributed by atoms with E-state index >= 15 is 0 Å². The van der Waals surface area contributed by atoms with Gasteiger partial charge in [0.1, 0.15) is 5.69 Å². The van der Waals surface area contributed by atoms with Crippen LogP contribution < -0.4 is 0 Å².